The van der Waals surface area contributed by atoms with Crippen LogP contribution in [-0.4, -0.2) is 34.5 Å². The molecule has 2 N–H and O–H groups in total. The molecule has 0 fully saturated rings. The molecule has 0 aromatic carbocycles. The Kier molecular flexibility index (Phi) is 8.41. The molecule has 4 nitrogen and oxygen atoms in total. The van der Waals surface area contributed by atoms with Gasteiger partial charge in [0.25, 0.3) is 0 Å². The maximum absolute atomic E-state index is 10.8. The first kappa shape index (κ1) is 14.5. The van der Waals surface area contributed by atoms with Crippen molar-refractivity contribution in [2.24, 2.45) is 0 Å². The SMILES string of the molecule is CCCSC(CCC(=O)O)NCC(C)=O. The summed E-state index contributed by atoms with van der Waals surface area (Å²) in [6, 6.07) is 0. The van der Waals surface area contributed by atoms with Gasteiger partial charge in [0.1, 0.15) is 5.78 Å². The van der Waals surface area contributed by atoms with E-state index < -0.39 is 5.97 Å². The fourth-order valence-corrected chi connectivity index (χ4v) is 2.02. The second-order valence-electron chi connectivity index (χ2n) is 3.37. The third-order valence-corrected chi connectivity index (χ3v) is 3.17. The number of Topliss-reactive ketones (excluding diaryl/α,β-unsaturated/α-hetero) is 1. The Morgan fingerprint density at radius 2 is 2.13 bits per heavy atom. The van der Waals surface area contributed by atoms with E-state index >= 15 is 0 Å². The van der Waals surface area contributed by atoms with E-state index in [1.165, 1.54) is 6.92 Å². The number of rotatable bonds is 9. The van der Waals surface area contributed by atoms with E-state index in [0.717, 1.165) is 12.2 Å². The summed E-state index contributed by atoms with van der Waals surface area (Å²) in [6.45, 7) is 3.92. The highest BCUT2D eigenvalue weighted by Crippen LogP contribution is 2.14. The molecule has 88 valence electrons. The lowest BCUT2D eigenvalue weighted by Gasteiger charge is -2.16. The number of carbonyl (C=O) groups is 2. The predicted molar refractivity (Wildman–Crippen MR) is 62.1 cm³/mol. The average molecular weight is 233 g/mol. The lowest BCUT2D eigenvalue weighted by atomic mass is 10.3. The van der Waals surface area contributed by atoms with Crippen molar-refractivity contribution in [2.45, 2.75) is 38.5 Å². The Hall–Kier alpha value is -0.550. The van der Waals surface area contributed by atoms with Crippen molar-refractivity contribution < 1.29 is 14.7 Å². The number of carboxylic acid groups (broad SMARTS) is 1. The molecule has 1 atom stereocenters. The smallest absolute Gasteiger partial charge is 0.303 e. The minimum Gasteiger partial charge on any atom is -0.481 e. The van der Waals surface area contributed by atoms with Crippen LogP contribution in [-0.2, 0) is 9.59 Å². The van der Waals surface area contributed by atoms with Gasteiger partial charge in [-0.3, -0.25) is 14.9 Å². The monoisotopic (exact) mass is 233 g/mol. The summed E-state index contributed by atoms with van der Waals surface area (Å²) < 4.78 is 0. The molecule has 0 heterocycles. The van der Waals surface area contributed by atoms with Crippen LogP contribution in [0.5, 0.6) is 0 Å². The Bertz CT molecular complexity index is 191. The number of carbonyl (C=O) groups excluding carboxylic acids is 1. The number of aliphatic carboxylic acids is 1. The molecular weight excluding hydrogens is 214 g/mol. The Labute approximate surface area is 94.8 Å². The van der Waals surface area contributed by atoms with Crippen LogP contribution in [0.1, 0.15) is 33.1 Å². The summed E-state index contributed by atoms with van der Waals surface area (Å²) in [6.07, 6.45) is 1.76. The van der Waals surface area contributed by atoms with Gasteiger partial charge in [-0.05, 0) is 25.5 Å². The van der Waals surface area contributed by atoms with Crippen LogP contribution in [0, 0.1) is 0 Å². The van der Waals surface area contributed by atoms with Gasteiger partial charge in [-0.15, -0.1) is 11.8 Å². The molecule has 0 radical (unpaired) electrons. The van der Waals surface area contributed by atoms with Crippen molar-refractivity contribution in [2.75, 3.05) is 12.3 Å². The van der Waals surface area contributed by atoms with Crippen LogP contribution >= 0.6 is 11.8 Å². The number of hydrogen-bond donors (Lipinski definition) is 2. The summed E-state index contributed by atoms with van der Waals surface area (Å²) in [5.74, 6) is 0.268. The van der Waals surface area contributed by atoms with Crippen LogP contribution in [0.2, 0.25) is 0 Å². The summed E-state index contributed by atoms with van der Waals surface area (Å²) in [5, 5.41) is 11.7. The number of thioether (sulfide) groups is 1. The van der Waals surface area contributed by atoms with Gasteiger partial charge in [0.05, 0.1) is 11.9 Å². The van der Waals surface area contributed by atoms with Gasteiger partial charge in [0.2, 0.25) is 0 Å². The van der Waals surface area contributed by atoms with Gasteiger partial charge in [-0.25, -0.2) is 0 Å². The van der Waals surface area contributed by atoms with Gasteiger partial charge in [-0.2, -0.15) is 0 Å². The van der Waals surface area contributed by atoms with Crippen molar-refractivity contribution in [1.82, 2.24) is 5.32 Å². The topological polar surface area (TPSA) is 66.4 Å². The normalized spacial score (nSPS) is 12.4. The van der Waals surface area contributed by atoms with Gasteiger partial charge < -0.3 is 5.11 Å². The Balaban J connectivity index is 3.82. The van der Waals surface area contributed by atoms with E-state index in [4.69, 9.17) is 5.11 Å². The van der Waals surface area contributed by atoms with Crippen LogP contribution in [0.15, 0.2) is 0 Å². The molecule has 0 saturated heterocycles. The summed E-state index contributed by atoms with van der Waals surface area (Å²) in [4.78, 5) is 21.2. The molecule has 0 aliphatic heterocycles. The first-order valence-corrected chi connectivity index (χ1v) is 6.17. The number of ketones is 1. The summed E-state index contributed by atoms with van der Waals surface area (Å²) in [7, 11) is 0. The Morgan fingerprint density at radius 3 is 2.60 bits per heavy atom. The number of carboxylic acids is 1. The molecular formula is C10H19NO3S. The molecule has 0 rings (SSSR count). The molecule has 0 aromatic heterocycles. The maximum atomic E-state index is 10.8. The Morgan fingerprint density at radius 1 is 1.47 bits per heavy atom. The van der Waals surface area contributed by atoms with Crippen molar-refractivity contribution in [1.29, 1.82) is 0 Å². The van der Waals surface area contributed by atoms with E-state index in [-0.39, 0.29) is 17.6 Å². The lowest BCUT2D eigenvalue weighted by Crippen LogP contribution is -2.31. The average Bonchev–Trinajstić information content (AvgIpc) is 2.16. The van der Waals surface area contributed by atoms with Crippen LogP contribution in [0.3, 0.4) is 0 Å². The number of hydrogen-bond acceptors (Lipinski definition) is 4. The summed E-state index contributed by atoms with van der Waals surface area (Å²) in [5.41, 5.74) is 0. The molecule has 0 aliphatic rings. The molecule has 1 unspecified atom stereocenters. The van der Waals surface area contributed by atoms with E-state index in [1.807, 2.05) is 0 Å². The van der Waals surface area contributed by atoms with Crippen molar-refractivity contribution >= 4 is 23.5 Å². The lowest BCUT2D eigenvalue weighted by molar-refractivity contribution is -0.137. The fourth-order valence-electron chi connectivity index (χ4n) is 1.02. The first-order chi connectivity index (χ1) is 7.06. The second kappa shape index (κ2) is 8.73. The maximum Gasteiger partial charge on any atom is 0.303 e. The zero-order valence-corrected chi connectivity index (χ0v) is 10.1. The van der Waals surface area contributed by atoms with Gasteiger partial charge in [-0.1, -0.05) is 6.92 Å². The third kappa shape index (κ3) is 9.75. The quantitative estimate of drug-likeness (QED) is 0.591. The van der Waals surface area contributed by atoms with E-state index in [0.29, 0.717) is 13.0 Å². The molecule has 15 heavy (non-hydrogen) atoms. The molecule has 0 aromatic rings. The van der Waals surface area contributed by atoms with Crippen molar-refractivity contribution in [3.63, 3.8) is 0 Å². The first-order valence-electron chi connectivity index (χ1n) is 5.12. The van der Waals surface area contributed by atoms with Crippen LogP contribution < -0.4 is 5.32 Å². The zero-order valence-electron chi connectivity index (χ0n) is 9.28. The highest BCUT2D eigenvalue weighted by Gasteiger charge is 2.10. The molecule has 0 saturated carbocycles. The third-order valence-electron chi connectivity index (χ3n) is 1.72. The van der Waals surface area contributed by atoms with Crippen molar-refractivity contribution in [3.8, 4) is 0 Å². The van der Waals surface area contributed by atoms with E-state index in [2.05, 4.69) is 12.2 Å². The van der Waals surface area contributed by atoms with Gasteiger partial charge in [0, 0.05) is 6.42 Å². The van der Waals surface area contributed by atoms with Crippen molar-refractivity contribution in [3.05, 3.63) is 0 Å². The predicted octanol–water partition coefficient (Wildman–Crippen LogP) is 1.50. The minimum atomic E-state index is -0.790. The van der Waals surface area contributed by atoms with E-state index in [1.54, 1.807) is 11.8 Å². The minimum absolute atomic E-state index is 0.0740. The highest BCUT2D eigenvalue weighted by atomic mass is 32.2. The molecule has 0 bridgehead atoms. The largest absolute Gasteiger partial charge is 0.481 e. The zero-order chi connectivity index (χ0) is 11.7. The highest BCUT2D eigenvalue weighted by molar-refractivity contribution is 7.99. The fraction of sp³-hybridized carbons (Fsp3) is 0.800. The number of nitrogens with one attached hydrogen (secondary N) is 1. The second-order valence-corrected chi connectivity index (χ2v) is 4.69. The summed E-state index contributed by atoms with van der Waals surface area (Å²) >= 11 is 1.68. The van der Waals surface area contributed by atoms with Gasteiger partial charge >= 0.3 is 5.97 Å². The standard InChI is InChI=1S/C10H19NO3S/c1-3-6-15-9(4-5-10(13)14)11-7-8(2)12/h9,11H,3-7H2,1-2H3,(H,13,14). The van der Waals surface area contributed by atoms with Crippen LogP contribution in [0.4, 0.5) is 0 Å². The van der Waals surface area contributed by atoms with E-state index in [9.17, 15) is 9.59 Å². The molecule has 0 spiro atoms. The van der Waals surface area contributed by atoms with Crippen LogP contribution in [0.25, 0.3) is 0 Å². The molecule has 0 amide bonds. The molecule has 0 aliphatic carbocycles. The van der Waals surface area contributed by atoms with Gasteiger partial charge in [0.15, 0.2) is 0 Å². The molecule has 5 heteroatoms.